The van der Waals surface area contributed by atoms with Crippen molar-refractivity contribution in [1.82, 2.24) is 5.32 Å². The Morgan fingerprint density at radius 1 is 1.53 bits per heavy atom. The molecule has 1 fully saturated rings. The lowest BCUT2D eigenvalue weighted by molar-refractivity contribution is -0.146. The molecule has 0 aliphatic heterocycles. The molecule has 0 aromatic carbocycles. The van der Waals surface area contributed by atoms with Gasteiger partial charge in [0, 0.05) is 19.2 Å². The zero-order valence-electron chi connectivity index (χ0n) is 9.75. The molecule has 4 nitrogen and oxygen atoms in total. The van der Waals surface area contributed by atoms with Crippen molar-refractivity contribution in [2.45, 2.75) is 45.8 Å². The van der Waals surface area contributed by atoms with E-state index in [1.54, 1.807) is 13.8 Å². The lowest BCUT2D eigenvalue weighted by atomic mass is 9.87. The van der Waals surface area contributed by atoms with Gasteiger partial charge in [-0.15, -0.1) is 0 Å². The molecule has 0 spiro atoms. The summed E-state index contributed by atoms with van der Waals surface area (Å²) in [4.78, 5) is 10.8. The summed E-state index contributed by atoms with van der Waals surface area (Å²) in [6, 6.07) is 0.431. The van der Waals surface area contributed by atoms with Crippen LogP contribution < -0.4 is 5.32 Å². The van der Waals surface area contributed by atoms with Gasteiger partial charge >= 0.3 is 5.97 Å². The zero-order chi connectivity index (χ0) is 11.5. The molecule has 15 heavy (non-hydrogen) atoms. The average Bonchev–Trinajstić information content (AvgIpc) is 2.08. The lowest BCUT2D eigenvalue weighted by Crippen LogP contribution is -2.49. The second-order valence-corrected chi connectivity index (χ2v) is 4.82. The Labute approximate surface area is 91.0 Å². The van der Waals surface area contributed by atoms with E-state index in [9.17, 15) is 4.79 Å². The van der Waals surface area contributed by atoms with Crippen LogP contribution >= 0.6 is 0 Å². The molecular formula is C11H21NO3. The van der Waals surface area contributed by atoms with Gasteiger partial charge in [0.25, 0.3) is 0 Å². The number of rotatable bonds is 6. The van der Waals surface area contributed by atoms with Crippen LogP contribution in [-0.4, -0.2) is 36.4 Å². The van der Waals surface area contributed by atoms with Crippen molar-refractivity contribution in [1.29, 1.82) is 0 Å². The topological polar surface area (TPSA) is 58.6 Å². The Kier molecular flexibility index (Phi) is 4.11. The quantitative estimate of drug-likeness (QED) is 0.700. The summed E-state index contributed by atoms with van der Waals surface area (Å²) in [5.41, 5.74) is -0.684. The van der Waals surface area contributed by atoms with Gasteiger partial charge in [-0.2, -0.15) is 0 Å². The summed E-state index contributed by atoms with van der Waals surface area (Å²) >= 11 is 0. The maximum absolute atomic E-state index is 10.8. The van der Waals surface area contributed by atoms with E-state index in [0.29, 0.717) is 18.7 Å². The van der Waals surface area contributed by atoms with Crippen molar-refractivity contribution < 1.29 is 14.6 Å². The minimum atomic E-state index is -0.754. The smallest absolute Gasteiger partial charge is 0.310 e. The van der Waals surface area contributed by atoms with Crippen molar-refractivity contribution in [3.05, 3.63) is 0 Å². The maximum Gasteiger partial charge on any atom is 0.310 e. The zero-order valence-corrected chi connectivity index (χ0v) is 9.75. The fourth-order valence-corrected chi connectivity index (χ4v) is 1.58. The third kappa shape index (κ3) is 3.47. The number of carbonyl (C=O) groups is 1. The van der Waals surface area contributed by atoms with Gasteiger partial charge in [-0.1, -0.05) is 0 Å². The first-order valence-corrected chi connectivity index (χ1v) is 5.54. The van der Waals surface area contributed by atoms with E-state index in [0.717, 1.165) is 19.4 Å². The predicted molar refractivity (Wildman–Crippen MR) is 57.9 cm³/mol. The van der Waals surface area contributed by atoms with E-state index in [2.05, 4.69) is 5.32 Å². The highest BCUT2D eigenvalue weighted by molar-refractivity contribution is 5.73. The fourth-order valence-electron chi connectivity index (χ4n) is 1.58. The summed E-state index contributed by atoms with van der Waals surface area (Å²) in [5.74, 6) is -0.754. The number of hydrogen-bond acceptors (Lipinski definition) is 3. The van der Waals surface area contributed by atoms with Crippen LogP contribution in [0.5, 0.6) is 0 Å². The van der Waals surface area contributed by atoms with Crippen LogP contribution in [0.1, 0.15) is 33.6 Å². The van der Waals surface area contributed by atoms with Gasteiger partial charge in [0.1, 0.15) is 0 Å². The third-order valence-electron chi connectivity index (χ3n) is 2.91. The lowest BCUT2D eigenvalue weighted by Gasteiger charge is -2.37. The Bertz CT molecular complexity index is 222. The number of carboxylic acid groups (broad SMARTS) is 1. The van der Waals surface area contributed by atoms with Crippen LogP contribution in [0, 0.1) is 5.41 Å². The van der Waals surface area contributed by atoms with Gasteiger partial charge in [-0.3, -0.25) is 4.79 Å². The first-order valence-electron chi connectivity index (χ1n) is 5.54. The summed E-state index contributed by atoms with van der Waals surface area (Å²) < 4.78 is 5.43. The van der Waals surface area contributed by atoms with Gasteiger partial charge in [0.2, 0.25) is 0 Å². The summed E-state index contributed by atoms with van der Waals surface area (Å²) in [6.07, 6.45) is 2.38. The van der Waals surface area contributed by atoms with Crippen LogP contribution in [0.15, 0.2) is 0 Å². The van der Waals surface area contributed by atoms with Crippen LogP contribution in [0.3, 0.4) is 0 Å². The summed E-state index contributed by atoms with van der Waals surface area (Å²) in [7, 11) is 0. The molecule has 0 unspecified atom stereocenters. The summed E-state index contributed by atoms with van der Waals surface area (Å²) in [5, 5.41) is 12.2. The molecule has 2 N–H and O–H groups in total. The molecular weight excluding hydrogens is 194 g/mol. The van der Waals surface area contributed by atoms with Crippen LogP contribution in [0.4, 0.5) is 0 Å². The molecule has 4 heteroatoms. The van der Waals surface area contributed by atoms with E-state index >= 15 is 0 Å². The first-order chi connectivity index (χ1) is 6.95. The largest absolute Gasteiger partial charge is 0.481 e. The van der Waals surface area contributed by atoms with Gasteiger partial charge in [0.15, 0.2) is 0 Å². The standard InChI is InChI=1S/C11H21NO3/c1-4-15-9-5-8(6-9)12-7-11(2,3)10(13)14/h8-9,12H,4-7H2,1-3H3,(H,13,14). The van der Waals surface area contributed by atoms with E-state index in [1.807, 2.05) is 6.92 Å². The van der Waals surface area contributed by atoms with Crippen molar-refractivity contribution in [2.24, 2.45) is 5.41 Å². The molecule has 0 atom stereocenters. The normalized spacial score (nSPS) is 26.1. The Morgan fingerprint density at radius 2 is 2.13 bits per heavy atom. The third-order valence-corrected chi connectivity index (χ3v) is 2.91. The highest BCUT2D eigenvalue weighted by Gasteiger charge is 2.33. The minimum Gasteiger partial charge on any atom is -0.481 e. The molecule has 1 rings (SSSR count). The van der Waals surface area contributed by atoms with Crippen molar-refractivity contribution in [3.63, 3.8) is 0 Å². The molecule has 0 aromatic heterocycles. The second kappa shape index (κ2) is 4.94. The minimum absolute atomic E-state index is 0.375. The number of carboxylic acids is 1. The Morgan fingerprint density at radius 3 is 2.60 bits per heavy atom. The average molecular weight is 215 g/mol. The van der Waals surface area contributed by atoms with Crippen LogP contribution in [-0.2, 0) is 9.53 Å². The van der Waals surface area contributed by atoms with Crippen LogP contribution in [0.25, 0.3) is 0 Å². The predicted octanol–water partition coefficient (Wildman–Crippen LogP) is 1.25. The molecule has 0 bridgehead atoms. The molecule has 0 saturated heterocycles. The fraction of sp³-hybridized carbons (Fsp3) is 0.909. The monoisotopic (exact) mass is 215 g/mol. The van der Waals surface area contributed by atoms with E-state index in [4.69, 9.17) is 9.84 Å². The Balaban J connectivity index is 2.15. The van der Waals surface area contributed by atoms with Crippen molar-refractivity contribution >= 4 is 5.97 Å². The number of hydrogen-bond donors (Lipinski definition) is 2. The highest BCUT2D eigenvalue weighted by Crippen LogP contribution is 2.24. The highest BCUT2D eigenvalue weighted by atomic mass is 16.5. The van der Waals surface area contributed by atoms with Gasteiger partial charge in [0.05, 0.1) is 11.5 Å². The van der Waals surface area contributed by atoms with Crippen molar-refractivity contribution in [3.8, 4) is 0 Å². The van der Waals surface area contributed by atoms with Gasteiger partial charge in [-0.25, -0.2) is 0 Å². The maximum atomic E-state index is 10.8. The van der Waals surface area contributed by atoms with E-state index in [1.165, 1.54) is 0 Å². The molecule has 1 saturated carbocycles. The van der Waals surface area contributed by atoms with Crippen molar-refractivity contribution in [2.75, 3.05) is 13.2 Å². The molecule has 1 aliphatic rings. The van der Waals surface area contributed by atoms with E-state index in [-0.39, 0.29) is 0 Å². The number of aliphatic carboxylic acids is 1. The molecule has 0 aromatic rings. The van der Waals surface area contributed by atoms with Gasteiger partial charge in [-0.05, 0) is 33.6 Å². The van der Waals surface area contributed by atoms with E-state index < -0.39 is 11.4 Å². The van der Waals surface area contributed by atoms with Crippen LogP contribution in [0.2, 0.25) is 0 Å². The first kappa shape index (κ1) is 12.5. The molecule has 0 heterocycles. The van der Waals surface area contributed by atoms with Gasteiger partial charge < -0.3 is 15.2 Å². The molecule has 1 aliphatic carbocycles. The summed E-state index contributed by atoms with van der Waals surface area (Å²) in [6.45, 7) is 6.75. The molecule has 88 valence electrons. The molecule has 0 radical (unpaired) electrons. The molecule has 0 amide bonds. The number of ether oxygens (including phenoxy) is 1. The second-order valence-electron chi connectivity index (χ2n) is 4.82. The number of nitrogens with one attached hydrogen (secondary N) is 1. The Hall–Kier alpha value is -0.610. The SMILES string of the molecule is CCOC1CC(NCC(C)(C)C(=O)O)C1.